The van der Waals surface area contributed by atoms with Crippen LogP contribution >= 0.6 is 11.3 Å². The summed E-state index contributed by atoms with van der Waals surface area (Å²) >= 11 is 1.65. The summed E-state index contributed by atoms with van der Waals surface area (Å²) in [6.07, 6.45) is 0.754. The van der Waals surface area contributed by atoms with E-state index in [0.717, 1.165) is 30.2 Å². The van der Waals surface area contributed by atoms with Crippen LogP contribution in [0.1, 0.15) is 44.0 Å². The van der Waals surface area contributed by atoms with E-state index in [9.17, 15) is 4.79 Å². The number of nitrogens with zero attached hydrogens (tertiary/aromatic N) is 2. The van der Waals surface area contributed by atoms with Crippen LogP contribution in [0.5, 0.6) is 0 Å². The fraction of sp³-hybridized carbons (Fsp3) is 0.733. The maximum Gasteiger partial charge on any atom is 0.323 e. The van der Waals surface area contributed by atoms with Crippen LogP contribution in [0, 0.1) is 0 Å². The van der Waals surface area contributed by atoms with Crippen molar-refractivity contribution >= 4 is 17.3 Å². The van der Waals surface area contributed by atoms with Gasteiger partial charge in [0.2, 0.25) is 0 Å². The molecule has 116 valence electrons. The Hall–Kier alpha value is -0.980. The minimum absolute atomic E-state index is 0.0340. The summed E-state index contributed by atoms with van der Waals surface area (Å²) in [5.74, 6) is -0.0924. The molecule has 2 unspecified atom stereocenters. The van der Waals surface area contributed by atoms with Crippen molar-refractivity contribution in [3.05, 3.63) is 16.1 Å². The molecule has 2 fully saturated rings. The average Bonchev–Trinajstić information content (AvgIpc) is 3.06. The third kappa shape index (κ3) is 3.12. The summed E-state index contributed by atoms with van der Waals surface area (Å²) < 4.78 is 10.9. The standard InChI is InChI=1S/C15H22N2O3S/c1-15(2,3)12-9-21-13(16-12)11-8-17(5-7-19-11)10-4-6-20-14(10)18/h9-11H,4-8H2,1-3H3. The number of cyclic esters (lactones) is 1. The molecule has 0 spiro atoms. The van der Waals surface area contributed by atoms with Crippen LogP contribution in [-0.4, -0.2) is 48.2 Å². The molecule has 3 rings (SSSR count). The summed E-state index contributed by atoms with van der Waals surface area (Å²) in [4.78, 5) is 18.7. The minimum atomic E-state index is -0.0987. The van der Waals surface area contributed by atoms with Crippen LogP contribution in [0.25, 0.3) is 0 Å². The minimum Gasteiger partial charge on any atom is -0.464 e. The maximum atomic E-state index is 11.7. The molecule has 21 heavy (non-hydrogen) atoms. The van der Waals surface area contributed by atoms with Crippen LogP contribution < -0.4 is 0 Å². The number of ether oxygens (including phenoxy) is 2. The van der Waals surface area contributed by atoms with Gasteiger partial charge in [-0.2, -0.15) is 0 Å². The molecule has 0 saturated carbocycles. The van der Waals surface area contributed by atoms with Crippen molar-refractivity contribution in [3.63, 3.8) is 0 Å². The number of thiazole rings is 1. The van der Waals surface area contributed by atoms with Crippen molar-refractivity contribution in [2.24, 2.45) is 0 Å². The van der Waals surface area contributed by atoms with E-state index < -0.39 is 0 Å². The second-order valence-corrected chi connectivity index (χ2v) is 7.54. The van der Waals surface area contributed by atoms with Gasteiger partial charge in [-0.05, 0) is 0 Å². The normalized spacial score (nSPS) is 27.9. The van der Waals surface area contributed by atoms with Gasteiger partial charge in [0.25, 0.3) is 0 Å². The second-order valence-electron chi connectivity index (χ2n) is 6.65. The first kappa shape index (κ1) is 14.9. The highest BCUT2D eigenvalue weighted by molar-refractivity contribution is 7.09. The first-order chi connectivity index (χ1) is 9.95. The lowest BCUT2D eigenvalue weighted by molar-refractivity contribution is -0.144. The molecule has 1 aromatic rings. The Labute approximate surface area is 129 Å². The average molecular weight is 310 g/mol. The van der Waals surface area contributed by atoms with Crippen LogP contribution in [0.2, 0.25) is 0 Å². The van der Waals surface area contributed by atoms with Gasteiger partial charge in [0, 0.05) is 30.3 Å². The first-order valence-electron chi connectivity index (χ1n) is 7.43. The Balaban J connectivity index is 1.71. The lowest BCUT2D eigenvalue weighted by atomic mass is 9.93. The van der Waals surface area contributed by atoms with Crippen molar-refractivity contribution in [3.8, 4) is 0 Å². The third-order valence-electron chi connectivity index (χ3n) is 4.01. The zero-order valence-corrected chi connectivity index (χ0v) is 13.6. The van der Waals surface area contributed by atoms with Gasteiger partial charge in [0.05, 0.1) is 18.9 Å². The summed E-state index contributed by atoms with van der Waals surface area (Å²) in [7, 11) is 0. The van der Waals surface area contributed by atoms with Gasteiger partial charge in [-0.25, -0.2) is 4.98 Å². The predicted octanol–water partition coefficient (Wildman–Crippen LogP) is 2.13. The highest BCUT2D eigenvalue weighted by Gasteiger charge is 2.36. The lowest BCUT2D eigenvalue weighted by Crippen LogP contribution is -2.46. The fourth-order valence-electron chi connectivity index (χ4n) is 2.70. The molecule has 2 aliphatic heterocycles. The Morgan fingerprint density at radius 3 is 2.81 bits per heavy atom. The van der Waals surface area contributed by atoms with Gasteiger partial charge in [-0.1, -0.05) is 20.8 Å². The van der Waals surface area contributed by atoms with Crippen molar-refractivity contribution in [1.82, 2.24) is 9.88 Å². The van der Waals surface area contributed by atoms with Crippen molar-refractivity contribution in [2.75, 3.05) is 26.3 Å². The largest absolute Gasteiger partial charge is 0.464 e. The number of hydrogen-bond donors (Lipinski definition) is 0. The second kappa shape index (κ2) is 5.66. The van der Waals surface area contributed by atoms with Gasteiger partial charge >= 0.3 is 5.97 Å². The topological polar surface area (TPSA) is 51.7 Å². The number of hydrogen-bond acceptors (Lipinski definition) is 6. The smallest absolute Gasteiger partial charge is 0.323 e. The first-order valence-corrected chi connectivity index (χ1v) is 8.31. The fourth-order valence-corrected chi connectivity index (χ4v) is 3.78. The van der Waals surface area contributed by atoms with Crippen LogP contribution in [0.15, 0.2) is 5.38 Å². The number of carbonyl (C=O) groups is 1. The van der Waals surface area contributed by atoms with Gasteiger partial charge in [0.15, 0.2) is 0 Å². The summed E-state index contributed by atoms with van der Waals surface area (Å²) in [5.41, 5.74) is 1.15. The van der Waals surface area contributed by atoms with Crippen LogP contribution in [-0.2, 0) is 19.7 Å². The number of aromatic nitrogens is 1. The lowest BCUT2D eigenvalue weighted by Gasteiger charge is -2.34. The molecule has 2 aliphatic rings. The van der Waals surface area contributed by atoms with Gasteiger partial charge in [-0.3, -0.25) is 9.69 Å². The monoisotopic (exact) mass is 310 g/mol. The Kier molecular flexibility index (Phi) is 4.03. The molecule has 0 aliphatic carbocycles. The molecule has 0 bridgehead atoms. The summed E-state index contributed by atoms with van der Waals surface area (Å²) in [5, 5.41) is 3.12. The molecule has 3 heterocycles. The van der Waals surface area contributed by atoms with Crippen molar-refractivity contribution in [1.29, 1.82) is 0 Å². The zero-order chi connectivity index (χ0) is 15.0. The molecule has 5 nitrogen and oxygen atoms in total. The Morgan fingerprint density at radius 1 is 1.38 bits per heavy atom. The zero-order valence-electron chi connectivity index (χ0n) is 12.8. The Bertz CT molecular complexity index is 523. The summed E-state index contributed by atoms with van der Waals surface area (Å²) in [6, 6.07) is -0.0987. The Morgan fingerprint density at radius 2 is 2.19 bits per heavy atom. The van der Waals surface area contributed by atoms with E-state index in [4.69, 9.17) is 14.5 Å². The number of rotatable bonds is 2. The molecule has 0 N–H and O–H groups in total. The molecular weight excluding hydrogens is 288 g/mol. The molecule has 0 aromatic carbocycles. The molecular formula is C15H22N2O3S. The van der Waals surface area contributed by atoms with Crippen LogP contribution in [0.3, 0.4) is 0 Å². The van der Waals surface area contributed by atoms with Crippen molar-refractivity contribution in [2.45, 2.75) is 44.8 Å². The van der Waals surface area contributed by atoms with Gasteiger partial charge in [-0.15, -0.1) is 11.3 Å². The summed E-state index contributed by atoms with van der Waals surface area (Å²) in [6.45, 7) is 9.16. The highest BCUT2D eigenvalue weighted by atomic mass is 32.1. The molecule has 2 atom stereocenters. The molecule has 2 saturated heterocycles. The van der Waals surface area contributed by atoms with Gasteiger partial charge in [0.1, 0.15) is 17.2 Å². The van der Waals surface area contributed by atoms with E-state index in [1.54, 1.807) is 11.3 Å². The maximum absolute atomic E-state index is 11.7. The van der Waals surface area contributed by atoms with E-state index in [-0.39, 0.29) is 23.5 Å². The predicted molar refractivity (Wildman–Crippen MR) is 80.4 cm³/mol. The van der Waals surface area contributed by atoms with E-state index in [0.29, 0.717) is 13.2 Å². The quantitative estimate of drug-likeness (QED) is 0.783. The van der Waals surface area contributed by atoms with Gasteiger partial charge < -0.3 is 9.47 Å². The number of carbonyl (C=O) groups excluding carboxylic acids is 1. The molecule has 6 heteroatoms. The van der Waals surface area contributed by atoms with E-state index in [2.05, 4.69) is 31.1 Å². The number of morpholine rings is 1. The third-order valence-corrected chi connectivity index (χ3v) is 4.95. The highest BCUT2D eigenvalue weighted by Crippen LogP contribution is 2.31. The van der Waals surface area contributed by atoms with Crippen LogP contribution in [0.4, 0.5) is 0 Å². The van der Waals surface area contributed by atoms with Crippen molar-refractivity contribution < 1.29 is 14.3 Å². The van der Waals surface area contributed by atoms with E-state index in [1.807, 2.05) is 0 Å². The van der Waals surface area contributed by atoms with E-state index in [1.165, 1.54) is 0 Å². The number of esters is 1. The molecule has 1 aromatic heterocycles. The molecule has 0 amide bonds. The molecule has 0 radical (unpaired) electrons. The van der Waals surface area contributed by atoms with E-state index >= 15 is 0 Å². The SMILES string of the molecule is CC(C)(C)c1csc(C2CN(C3CCOC3=O)CCO2)n1.